The highest BCUT2D eigenvalue weighted by Gasteiger charge is 2.56. The van der Waals surface area contributed by atoms with Crippen molar-refractivity contribution in [3.8, 4) is 0 Å². The van der Waals surface area contributed by atoms with Gasteiger partial charge in [-0.25, -0.2) is 0 Å². The van der Waals surface area contributed by atoms with E-state index in [0.29, 0.717) is 6.42 Å². The summed E-state index contributed by atoms with van der Waals surface area (Å²) in [6.45, 7) is -1.09. The van der Waals surface area contributed by atoms with Gasteiger partial charge in [0.15, 0.2) is 24.8 Å². The maximum Gasteiger partial charge on any atom is 0.187 e. The van der Waals surface area contributed by atoms with Gasteiger partial charge in [0, 0.05) is 18.8 Å². The van der Waals surface area contributed by atoms with Crippen LogP contribution in [0, 0.1) is 11.8 Å². The number of hydrogen-bond acceptors (Lipinski definition) is 15. The summed E-state index contributed by atoms with van der Waals surface area (Å²) < 4.78 is 28.1. The zero-order valence-electron chi connectivity index (χ0n) is 22.9. The molecule has 0 spiro atoms. The van der Waals surface area contributed by atoms with E-state index in [1.165, 1.54) is 0 Å². The minimum absolute atomic E-state index is 0.0725. The van der Waals surface area contributed by atoms with Gasteiger partial charge in [0.25, 0.3) is 0 Å². The second-order valence-electron chi connectivity index (χ2n) is 12.4. The third-order valence-electron chi connectivity index (χ3n) is 9.50. The first kappa shape index (κ1) is 32.7. The van der Waals surface area contributed by atoms with Crippen molar-refractivity contribution >= 4 is 0 Å². The first-order valence-corrected chi connectivity index (χ1v) is 14.6. The summed E-state index contributed by atoms with van der Waals surface area (Å²) in [5.41, 5.74) is 0. The summed E-state index contributed by atoms with van der Waals surface area (Å²) in [6, 6.07) is 0. The van der Waals surface area contributed by atoms with Crippen LogP contribution >= 0.6 is 0 Å². The highest BCUT2D eigenvalue weighted by Crippen LogP contribution is 2.42. The quantitative estimate of drug-likeness (QED) is 0.124. The van der Waals surface area contributed by atoms with E-state index in [1.54, 1.807) is 0 Å². The first-order valence-electron chi connectivity index (χ1n) is 14.6. The molecule has 17 atom stereocenters. The molecule has 2 saturated carbocycles. The minimum Gasteiger partial charge on any atom is -0.427 e. The highest BCUT2D eigenvalue weighted by molar-refractivity contribution is 5.00. The van der Waals surface area contributed by atoms with Gasteiger partial charge >= 0.3 is 0 Å². The Balaban J connectivity index is 1.40. The number of rotatable bonds is 6. The Bertz CT molecular complexity index is 871. The normalized spacial score (nSPS) is 55.6. The number of hydrogen-bond donors (Lipinski definition) is 11. The van der Waals surface area contributed by atoms with E-state index in [-0.39, 0.29) is 25.7 Å². The topological polar surface area (TPSA) is 272 Å². The standard InChI is InChI=1S/C26H44O16/c27-6-17-20(35)21(36)24(42-25-22(37)19(34)14(32)7-38-25)26(41-17)40-16-5-10-11(29)3-9(28)4-15(10)39-23(16)8-1-12(30)18(33)13(31)2-8/h8-37H,1-7H2/p+1/t8?,9?,10?,11?,12?,13?,14-,15?,16?,17+,18?,19+,20-,21-,22-,23?,24+,25+,26+/m0/s1. The lowest BCUT2D eigenvalue weighted by molar-refractivity contribution is -0.381. The highest BCUT2D eigenvalue weighted by atomic mass is 16.8. The summed E-state index contributed by atoms with van der Waals surface area (Å²) in [5, 5.41) is 114. The Morgan fingerprint density at radius 3 is 2.00 bits per heavy atom. The number of aliphatic hydroxyl groups excluding tert-OH is 11. The van der Waals surface area contributed by atoms with Crippen LogP contribution in [-0.2, 0) is 18.9 Å². The smallest absolute Gasteiger partial charge is 0.187 e. The molecule has 3 aliphatic heterocycles. The number of fused-ring (bicyclic) bond motifs is 1. The zero-order valence-corrected chi connectivity index (χ0v) is 22.9. The van der Waals surface area contributed by atoms with Crippen LogP contribution in [-0.4, -0.2) is 178 Å². The Morgan fingerprint density at radius 1 is 0.643 bits per heavy atom. The van der Waals surface area contributed by atoms with Crippen molar-refractivity contribution in [3.05, 3.63) is 0 Å². The maximum atomic E-state index is 11.0. The van der Waals surface area contributed by atoms with Crippen LogP contribution in [0.4, 0.5) is 0 Å². The number of aliphatic hydroxyl groups is 13. The Labute approximate surface area is 241 Å². The maximum absolute atomic E-state index is 11.0. The minimum atomic E-state index is -1.73. The van der Waals surface area contributed by atoms with Crippen LogP contribution < -0.4 is 0 Å². The van der Waals surface area contributed by atoms with E-state index in [4.69, 9.17) is 23.7 Å². The molecule has 8 unspecified atom stereocenters. The van der Waals surface area contributed by atoms with Gasteiger partial charge in [-0.05, 0) is 19.3 Å². The van der Waals surface area contributed by atoms with Gasteiger partial charge in [-0.2, -0.15) is 0 Å². The van der Waals surface area contributed by atoms with E-state index in [2.05, 4.69) is 0 Å². The molecule has 12 N–H and O–H groups in total. The molecule has 5 fully saturated rings. The Kier molecular flexibility index (Phi) is 10.4. The predicted molar refractivity (Wildman–Crippen MR) is 135 cm³/mol. The van der Waals surface area contributed by atoms with Crippen LogP contribution in [0.25, 0.3) is 0 Å². The van der Waals surface area contributed by atoms with Crippen molar-refractivity contribution in [2.24, 2.45) is 11.8 Å². The molecule has 3 heterocycles. The summed E-state index contributed by atoms with van der Waals surface area (Å²) in [6.07, 6.45) is -20.8. The molecule has 0 aromatic heterocycles. The molecule has 0 amide bonds. The summed E-state index contributed by atoms with van der Waals surface area (Å²) in [7, 11) is 0. The lowest BCUT2D eigenvalue weighted by Gasteiger charge is -2.49. The summed E-state index contributed by atoms with van der Waals surface area (Å²) in [4.78, 5) is 0. The third-order valence-corrected chi connectivity index (χ3v) is 9.50. The average Bonchev–Trinajstić information content (AvgIpc) is 2.95. The van der Waals surface area contributed by atoms with Gasteiger partial charge < -0.3 is 79.9 Å². The SMILES string of the molecule is OC[C@H]1O[C@@H](OC2CC3C(O)CC(O)CC3[OH+]C2C2CC(O)C(O)C(O)C2)[C@H](O[C@H]2OC[C@H](O)[C@@H](O)[C@@H]2O)[C@@H](O)[C@H]1O. The molecule has 16 heteroatoms. The molecule has 5 aliphatic rings. The van der Waals surface area contributed by atoms with Crippen LogP contribution in [0.15, 0.2) is 0 Å². The van der Waals surface area contributed by atoms with Crippen LogP contribution in [0.5, 0.6) is 0 Å². The average molecular weight is 614 g/mol. The first-order chi connectivity index (χ1) is 19.9. The van der Waals surface area contributed by atoms with Gasteiger partial charge in [0.2, 0.25) is 0 Å². The van der Waals surface area contributed by atoms with Gasteiger partial charge in [-0.1, -0.05) is 0 Å². The molecule has 2 aliphatic carbocycles. The third kappa shape index (κ3) is 6.50. The van der Waals surface area contributed by atoms with E-state index < -0.39 is 129 Å². The molecule has 3 saturated heterocycles. The molecular weight excluding hydrogens is 568 g/mol. The largest absolute Gasteiger partial charge is 0.427 e. The van der Waals surface area contributed by atoms with Gasteiger partial charge in [-0.15, -0.1) is 0 Å². The summed E-state index contributed by atoms with van der Waals surface area (Å²) >= 11 is 0. The summed E-state index contributed by atoms with van der Waals surface area (Å²) in [5.74, 6) is -0.918. The molecule has 244 valence electrons. The fourth-order valence-electron chi connectivity index (χ4n) is 7.10. The van der Waals surface area contributed by atoms with Gasteiger partial charge in [0.1, 0.15) is 54.9 Å². The molecule has 0 aromatic rings. The molecule has 0 aromatic carbocycles. The van der Waals surface area contributed by atoms with Gasteiger partial charge in [0.05, 0.1) is 43.5 Å². The molecule has 0 radical (unpaired) electrons. The van der Waals surface area contributed by atoms with Crippen molar-refractivity contribution in [1.82, 2.24) is 0 Å². The van der Waals surface area contributed by atoms with Crippen molar-refractivity contribution in [2.75, 3.05) is 13.2 Å². The fourth-order valence-corrected chi connectivity index (χ4v) is 7.10. The van der Waals surface area contributed by atoms with Crippen molar-refractivity contribution in [2.45, 2.75) is 136 Å². The van der Waals surface area contributed by atoms with Crippen molar-refractivity contribution < 1.29 is 79.9 Å². The predicted octanol–water partition coefficient (Wildman–Crippen LogP) is -6.07. The monoisotopic (exact) mass is 613 g/mol. The Hall–Kier alpha value is -0.640. The number of ether oxygens (including phenoxy) is 5. The molecule has 42 heavy (non-hydrogen) atoms. The molecule has 0 bridgehead atoms. The lowest BCUT2D eigenvalue weighted by atomic mass is 9.72. The lowest BCUT2D eigenvalue weighted by Crippen LogP contribution is -2.65. The van der Waals surface area contributed by atoms with Crippen LogP contribution in [0.3, 0.4) is 0 Å². The van der Waals surface area contributed by atoms with Crippen molar-refractivity contribution in [1.29, 1.82) is 0 Å². The van der Waals surface area contributed by atoms with E-state index in [1.807, 2.05) is 0 Å². The van der Waals surface area contributed by atoms with E-state index in [0.717, 1.165) is 0 Å². The second-order valence-corrected chi connectivity index (χ2v) is 12.4. The molecule has 5 rings (SSSR count). The van der Waals surface area contributed by atoms with E-state index in [9.17, 15) is 56.2 Å². The van der Waals surface area contributed by atoms with Gasteiger partial charge in [-0.3, -0.25) is 0 Å². The molecule has 16 nitrogen and oxygen atoms in total. The second kappa shape index (κ2) is 13.4. The zero-order chi connectivity index (χ0) is 30.5. The van der Waals surface area contributed by atoms with Crippen LogP contribution in [0.1, 0.15) is 32.1 Å². The molecular formula is C26H45O16+. The van der Waals surface area contributed by atoms with Crippen LogP contribution in [0.2, 0.25) is 0 Å². The van der Waals surface area contributed by atoms with Crippen molar-refractivity contribution in [3.63, 3.8) is 0 Å². The Morgan fingerprint density at radius 2 is 1.33 bits per heavy atom. The van der Waals surface area contributed by atoms with E-state index >= 15 is 0 Å². The fraction of sp³-hybridized carbons (Fsp3) is 1.00.